The topological polar surface area (TPSA) is 38.8 Å². The van der Waals surface area contributed by atoms with Gasteiger partial charge in [0.15, 0.2) is 0 Å². The van der Waals surface area contributed by atoms with Crippen LogP contribution in [0.2, 0.25) is 0 Å². The first-order chi connectivity index (χ1) is 11.5. The molecule has 5 heteroatoms. The van der Waals surface area contributed by atoms with E-state index < -0.39 is 0 Å². The van der Waals surface area contributed by atoms with E-state index in [2.05, 4.69) is 15.9 Å². The molecule has 0 fully saturated rings. The van der Waals surface area contributed by atoms with Crippen molar-refractivity contribution in [2.24, 2.45) is 0 Å². The molecule has 0 saturated heterocycles. The maximum absolute atomic E-state index is 12.7. The zero-order valence-electron chi connectivity index (χ0n) is 14.2. The lowest BCUT2D eigenvalue weighted by Gasteiger charge is -2.12. The van der Waals surface area contributed by atoms with Gasteiger partial charge < -0.3 is 14.4 Å². The van der Waals surface area contributed by atoms with Gasteiger partial charge in [0.05, 0.1) is 24.3 Å². The highest BCUT2D eigenvalue weighted by atomic mass is 79.9. The average molecular weight is 390 g/mol. The van der Waals surface area contributed by atoms with Gasteiger partial charge in [-0.25, -0.2) is 0 Å². The molecule has 2 aromatic rings. The number of carbonyl (C=O) groups excluding carboxylic acids is 1. The van der Waals surface area contributed by atoms with E-state index in [1.807, 2.05) is 43.3 Å². The molecular weight excluding hydrogens is 370 g/mol. The Morgan fingerprint density at radius 3 is 2.25 bits per heavy atom. The molecule has 0 heterocycles. The highest BCUT2D eigenvalue weighted by Crippen LogP contribution is 2.28. The smallest absolute Gasteiger partial charge is 0.203 e. The van der Waals surface area contributed by atoms with Crippen LogP contribution in [0.1, 0.15) is 15.9 Å². The summed E-state index contributed by atoms with van der Waals surface area (Å²) in [6.45, 7) is 0. The molecular formula is C19H20BrNO3. The third-order valence-electron chi connectivity index (χ3n) is 3.57. The van der Waals surface area contributed by atoms with Crippen molar-refractivity contribution in [2.75, 3.05) is 33.2 Å². The monoisotopic (exact) mass is 389 g/mol. The Bertz CT molecular complexity index is 752. The number of halogens is 1. The number of ether oxygens (including phenoxy) is 2. The molecule has 0 aliphatic rings. The van der Waals surface area contributed by atoms with E-state index >= 15 is 0 Å². The van der Waals surface area contributed by atoms with Crippen molar-refractivity contribution in [1.29, 1.82) is 0 Å². The highest BCUT2D eigenvalue weighted by Gasteiger charge is 2.16. The van der Waals surface area contributed by atoms with E-state index in [1.165, 1.54) is 7.11 Å². The third kappa shape index (κ3) is 4.17. The van der Waals surface area contributed by atoms with Crippen LogP contribution in [0.15, 0.2) is 46.9 Å². The van der Waals surface area contributed by atoms with Gasteiger partial charge in [-0.15, -0.1) is 0 Å². The van der Waals surface area contributed by atoms with Crippen LogP contribution in [-0.4, -0.2) is 34.1 Å². The summed E-state index contributed by atoms with van der Waals surface area (Å²) in [5, 5.41) is 0. The number of carbonyl (C=O) groups is 1. The Morgan fingerprint density at radius 1 is 1.04 bits per heavy atom. The lowest BCUT2D eigenvalue weighted by Crippen LogP contribution is -2.08. The zero-order chi connectivity index (χ0) is 17.7. The third-order valence-corrected chi connectivity index (χ3v) is 4.16. The average Bonchev–Trinajstić information content (AvgIpc) is 2.60. The zero-order valence-corrected chi connectivity index (χ0v) is 15.8. The number of rotatable bonds is 6. The minimum absolute atomic E-state index is 0.164. The van der Waals surface area contributed by atoms with Gasteiger partial charge in [0, 0.05) is 19.8 Å². The molecule has 2 rings (SSSR count). The molecule has 0 atom stereocenters. The predicted molar refractivity (Wildman–Crippen MR) is 102 cm³/mol. The lowest BCUT2D eigenvalue weighted by atomic mass is 10.1. The van der Waals surface area contributed by atoms with Crippen molar-refractivity contribution >= 4 is 33.5 Å². The van der Waals surface area contributed by atoms with E-state index in [0.29, 0.717) is 21.5 Å². The van der Waals surface area contributed by atoms with Crippen molar-refractivity contribution < 1.29 is 14.3 Å². The number of benzene rings is 2. The number of anilines is 1. The Labute approximate surface area is 150 Å². The van der Waals surface area contributed by atoms with Gasteiger partial charge in [0.25, 0.3) is 0 Å². The Hall–Kier alpha value is -2.27. The maximum Gasteiger partial charge on any atom is 0.203 e. The van der Waals surface area contributed by atoms with Gasteiger partial charge in [-0.1, -0.05) is 12.1 Å². The van der Waals surface area contributed by atoms with Crippen LogP contribution in [0.4, 0.5) is 5.69 Å². The van der Waals surface area contributed by atoms with Gasteiger partial charge in [-0.3, -0.25) is 4.79 Å². The van der Waals surface area contributed by atoms with Crippen LogP contribution in [0, 0.1) is 0 Å². The highest BCUT2D eigenvalue weighted by molar-refractivity contribution is 9.12. The molecule has 0 radical (unpaired) electrons. The second-order valence-corrected chi connectivity index (χ2v) is 6.23. The summed E-state index contributed by atoms with van der Waals surface area (Å²) >= 11 is 3.38. The van der Waals surface area contributed by atoms with Crippen molar-refractivity contribution in [2.45, 2.75) is 0 Å². The van der Waals surface area contributed by atoms with Crippen molar-refractivity contribution in [3.63, 3.8) is 0 Å². The van der Waals surface area contributed by atoms with Crippen LogP contribution >= 0.6 is 15.9 Å². The molecule has 0 bridgehead atoms. The van der Waals surface area contributed by atoms with Crippen LogP contribution in [0.25, 0.3) is 6.08 Å². The standard InChI is InChI=1S/C19H20BrNO3/c1-21(2)14-7-5-13(6-8-14)11-17(20)19(22)16-12-15(23-3)9-10-18(16)24-4/h5-12H,1-4H3. The van der Waals surface area contributed by atoms with E-state index in [1.54, 1.807) is 31.4 Å². The van der Waals surface area contributed by atoms with Gasteiger partial charge in [0.2, 0.25) is 5.78 Å². The maximum atomic E-state index is 12.7. The first kappa shape index (κ1) is 18.1. The molecule has 0 aromatic heterocycles. The van der Waals surface area contributed by atoms with Gasteiger partial charge in [0.1, 0.15) is 11.5 Å². The fourth-order valence-electron chi connectivity index (χ4n) is 2.20. The van der Waals surface area contributed by atoms with Gasteiger partial charge >= 0.3 is 0 Å². The molecule has 0 spiro atoms. The summed E-state index contributed by atoms with van der Waals surface area (Å²) in [5.41, 5.74) is 2.48. The van der Waals surface area contributed by atoms with E-state index in [9.17, 15) is 4.79 Å². The van der Waals surface area contributed by atoms with E-state index in [-0.39, 0.29) is 5.78 Å². The number of hydrogen-bond donors (Lipinski definition) is 0. The first-order valence-corrected chi connectivity index (χ1v) is 8.17. The molecule has 0 N–H and O–H groups in total. The second kappa shape index (κ2) is 8.02. The lowest BCUT2D eigenvalue weighted by molar-refractivity contribution is 0.104. The first-order valence-electron chi connectivity index (χ1n) is 7.37. The summed E-state index contributed by atoms with van der Waals surface area (Å²) < 4.78 is 10.9. The SMILES string of the molecule is COc1ccc(OC)c(C(=O)C(Br)=Cc2ccc(N(C)C)cc2)c1. The molecule has 0 amide bonds. The molecule has 24 heavy (non-hydrogen) atoms. The molecule has 0 unspecified atom stereocenters. The normalized spacial score (nSPS) is 11.1. The Morgan fingerprint density at radius 2 is 1.71 bits per heavy atom. The molecule has 0 aliphatic carbocycles. The minimum Gasteiger partial charge on any atom is -0.497 e. The van der Waals surface area contributed by atoms with Crippen molar-refractivity contribution in [3.05, 3.63) is 58.1 Å². The summed E-state index contributed by atoms with van der Waals surface area (Å²) in [7, 11) is 7.07. The number of hydrogen-bond acceptors (Lipinski definition) is 4. The molecule has 126 valence electrons. The number of allylic oxidation sites excluding steroid dienone is 1. The van der Waals surface area contributed by atoms with Crippen molar-refractivity contribution in [3.8, 4) is 11.5 Å². The number of ketones is 1. The van der Waals surface area contributed by atoms with E-state index in [4.69, 9.17) is 9.47 Å². The molecule has 2 aromatic carbocycles. The Kier molecular flexibility index (Phi) is 6.04. The minimum atomic E-state index is -0.164. The summed E-state index contributed by atoms with van der Waals surface area (Å²) in [6.07, 6.45) is 1.79. The molecule has 0 saturated carbocycles. The number of Topliss-reactive ketones (excluding diaryl/α,β-unsaturated/α-hetero) is 1. The predicted octanol–water partition coefficient (Wildman–Crippen LogP) is 4.39. The fourth-order valence-corrected chi connectivity index (χ4v) is 2.68. The van der Waals surface area contributed by atoms with Gasteiger partial charge in [-0.05, 0) is 57.9 Å². The quantitative estimate of drug-likeness (QED) is 0.542. The summed E-state index contributed by atoms with van der Waals surface area (Å²) in [5.74, 6) is 0.950. The van der Waals surface area contributed by atoms with Crippen molar-refractivity contribution in [1.82, 2.24) is 0 Å². The van der Waals surface area contributed by atoms with E-state index in [0.717, 1.165) is 11.3 Å². The van der Waals surface area contributed by atoms with Crippen LogP contribution in [0.5, 0.6) is 11.5 Å². The molecule has 0 aliphatic heterocycles. The number of methoxy groups -OCH3 is 2. The second-order valence-electron chi connectivity index (χ2n) is 5.37. The van der Waals surface area contributed by atoms with Crippen LogP contribution in [-0.2, 0) is 0 Å². The summed E-state index contributed by atoms with van der Waals surface area (Å²) in [6, 6.07) is 13.1. The largest absolute Gasteiger partial charge is 0.497 e. The van der Waals surface area contributed by atoms with Crippen LogP contribution in [0.3, 0.4) is 0 Å². The Balaban J connectivity index is 2.31. The van der Waals surface area contributed by atoms with Crippen LogP contribution < -0.4 is 14.4 Å². The fraction of sp³-hybridized carbons (Fsp3) is 0.211. The van der Waals surface area contributed by atoms with Gasteiger partial charge in [-0.2, -0.15) is 0 Å². The number of nitrogens with zero attached hydrogens (tertiary/aromatic N) is 1. The molecule has 4 nitrogen and oxygen atoms in total. The summed E-state index contributed by atoms with van der Waals surface area (Å²) in [4.78, 5) is 14.7.